The summed E-state index contributed by atoms with van der Waals surface area (Å²) in [4.78, 5) is 22.7. The van der Waals surface area contributed by atoms with Crippen LogP contribution >= 0.6 is 11.8 Å². The Morgan fingerprint density at radius 2 is 1.92 bits per heavy atom. The van der Waals surface area contributed by atoms with Gasteiger partial charge >= 0.3 is 5.97 Å². The van der Waals surface area contributed by atoms with Gasteiger partial charge in [0, 0.05) is 30.6 Å². The molecular formula is C19H25N3O2S. The van der Waals surface area contributed by atoms with Crippen LogP contribution in [0, 0.1) is 0 Å². The number of carboxylic acids is 1. The Bertz CT molecular complexity index is 730. The molecule has 0 radical (unpaired) electrons. The Morgan fingerprint density at radius 1 is 1.20 bits per heavy atom. The van der Waals surface area contributed by atoms with E-state index in [-0.39, 0.29) is 0 Å². The van der Waals surface area contributed by atoms with E-state index in [0.717, 1.165) is 35.3 Å². The molecule has 0 spiro atoms. The number of nitrogens with zero attached hydrogens (tertiary/aromatic N) is 3. The van der Waals surface area contributed by atoms with Gasteiger partial charge in [-0.05, 0) is 37.5 Å². The van der Waals surface area contributed by atoms with Crippen LogP contribution in [0.25, 0.3) is 0 Å². The smallest absolute Gasteiger partial charge is 0.335 e. The van der Waals surface area contributed by atoms with Crippen LogP contribution in [0.4, 0.5) is 5.82 Å². The van der Waals surface area contributed by atoms with E-state index >= 15 is 0 Å². The number of rotatable bonds is 8. The van der Waals surface area contributed by atoms with Gasteiger partial charge in [0.05, 0.1) is 5.56 Å². The van der Waals surface area contributed by atoms with Crippen molar-refractivity contribution in [1.29, 1.82) is 0 Å². The summed E-state index contributed by atoms with van der Waals surface area (Å²) >= 11 is 1.54. The molecule has 1 N–H and O–H groups in total. The van der Waals surface area contributed by atoms with Crippen molar-refractivity contribution in [3.05, 3.63) is 47.2 Å². The zero-order valence-corrected chi connectivity index (χ0v) is 16.0. The molecule has 0 bridgehead atoms. The third-order valence-corrected chi connectivity index (χ3v) is 4.85. The molecule has 0 saturated heterocycles. The van der Waals surface area contributed by atoms with Crippen molar-refractivity contribution in [3.8, 4) is 0 Å². The fourth-order valence-electron chi connectivity index (χ4n) is 2.44. The predicted molar refractivity (Wildman–Crippen MR) is 103 cm³/mol. The van der Waals surface area contributed by atoms with E-state index < -0.39 is 5.97 Å². The molecular weight excluding hydrogens is 334 g/mol. The summed E-state index contributed by atoms with van der Waals surface area (Å²) in [6.07, 6.45) is 0. The Hall–Kier alpha value is -2.08. The molecule has 0 aliphatic heterocycles. The molecule has 134 valence electrons. The maximum Gasteiger partial charge on any atom is 0.335 e. The number of anilines is 1. The molecule has 1 heterocycles. The standard InChI is InChI=1S/C19H25N3O2S/c1-5-22(6-2)17-11-16(13(3)4)20-19(21-17)25-12-14-8-7-9-15(10-14)18(23)24/h7-11,13H,5-6,12H2,1-4H3,(H,23,24). The predicted octanol–water partition coefficient (Wildman–Crippen LogP) is 4.44. The van der Waals surface area contributed by atoms with Crippen molar-refractivity contribution in [2.24, 2.45) is 0 Å². The summed E-state index contributed by atoms with van der Waals surface area (Å²) in [6.45, 7) is 10.3. The number of hydrogen-bond donors (Lipinski definition) is 1. The maximum atomic E-state index is 11.1. The molecule has 0 aliphatic rings. The van der Waals surface area contributed by atoms with Gasteiger partial charge in [0.25, 0.3) is 0 Å². The minimum atomic E-state index is -0.909. The van der Waals surface area contributed by atoms with Gasteiger partial charge in [0.2, 0.25) is 0 Å². The zero-order chi connectivity index (χ0) is 18.4. The fourth-order valence-corrected chi connectivity index (χ4v) is 3.25. The SMILES string of the molecule is CCN(CC)c1cc(C(C)C)nc(SCc2cccc(C(=O)O)c2)n1. The van der Waals surface area contributed by atoms with Crippen LogP contribution in [0.15, 0.2) is 35.5 Å². The van der Waals surface area contributed by atoms with E-state index in [2.05, 4.69) is 43.6 Å². The molecule has 0 amide bonds. The van der Waals surface area contributed by atoms with Crippen molar-refractivity contribution < 1.29 is 9.90 Å². The van der Waals surface area contributed by atoms with E-state index in [1.54, 1.807) is 18.2 Å². The second-order valence-corrected chi connectivity index (χ2v) is 7.00. The third kappa shape index (κ3) is 5.19. The van der Waals surface area contributed by atoms with Gasteiger partial charge < -0.3 is 10.0 Å². The molecule has 2 rings (SSSR count). The van der Waals surface area contributed by atoms with Crippen LogP contribution in [0.2, 0.25) is 0 Å². The van der Waals surface area contributed by atoms with Gasteiger partial charge in [-0.1, -0.05) is 37.7 Å². The normalized spacial score (nSPS) is 10.9. The topological polar surface area (TPSA) is 66.3 Å². The minimum absolute atomic E-state index is 0.304. The zero-order valence-electron chi connectivity index (χ0n) is 15.2. The van der Waals surface area contributed by atoms with E-state index in [9.17, 15) is 4.79 Å². The molecule has 6 heteroatoms. The summed E-state index contributed by atoms with van der Waals surface area (Å²) in [6, 6.07) is 9.06. The summed E-state index contributed by atoms with van der Waals surface area (Å²) in [5.41, 5.74) is 2.28. The number of aromatic carboxylic acids is 1. The number of thioether (sulfide) groups is 1. The highest BCUT2D eigenvalue weighted by Gasteiger charge is 2.12. The molecule has 0 atom stereocenters. The maximum absolute atomic E-state index is 11.1. The van der Waals surface area contributed by atoms with E-state index in [0.29, 0.717) is 17.2 Å². The van der Waals surface area contributed by atoms with Crippen molar-refractivity contribution in [3.63, 3.8) is 0 Å². The molecule has 0 fully saturated rings. The highest BCUT2D eigenvalue weighted by Crippen LogP contribution is 2.25. The highest BCUT2D eigenvalue weighted by atomic mass is 32.2. The number of benzene rings is 1. The second kappa shape index (κ2) is 8.85. The first-order valence-electron chi connectivity index (χ1n) is 8.53. The summed E-state index contributed by atoms with van der Waals surface area (Å²) < 4.78 is 0. The average Bonchev–Trinajstić information content (AvgIpc) is 2.61. The molecule has 25 heavy (non-hydrogen) atoms. The van der Waals surface area contributed by atoms with Crippen LogP contribution in [0.1, 0.15) is 55.2 Å². The van der Waals surface area contributed by atoms with Gasteiger partial charge in [-0.3, -0.25) is 0 Å². The van der Waals surface area contributed by atoms with Gasteiger partial charge in [-0.25, -0.2) is 14.8 Å². The van der Waals surface area contributed by atoms with Crippen LogP contribution in [-0.4, -0.2) is 34.1 Å². The lowest BCUT2D eigenvalue weighted by Crippen LogP contribution is -2.23. The van der Waals surface area contributed by atoms with Crippen molar-refractivity contribution in [2.75, 3.05) is 18.0 Å². The van der Waals surface area contributed by atoms with Gasteiger partial charge in [-0.2, -0.15) is 0 Å². The van der Waals surface area contributed by atoms with Crippen LogP contribution in [0.5, 0.6) is 0 Å². The number of hydrogen-bond acceptors (Lipinski definition) is 5. The Kier molecular flexibility index (Phi) is 6.82. The van der Waals surface area contributed by atoms with Crippen LogP contribution in [-0.2, 0) is 5.75 Å². The average molecular weight is 359 g/mol. The molecule has 2 aromatic rings. The number of aromatic nitrogens is 2. The first-order chi connectivity index (χ1) is 11.9. The van der Waals surface area contributed by atoms with Crippen molar-refractivity contribution in [2.45, 2.75) is 44.5 Å². The molecule has 5 nitrogen and oxygen atoms in total. The molecule has 1 aromatic carbocycles. The molecule has 0 unspecified atom stereocenters. The Morgan fingerprint density at radius 3 is 2.52 bits per heavy atom. The summed E-state index contributed by atoms with van der Waals surface area (Å²) in [5.74, 6) is 1.01. The Labute approximate surface area is 153 Å². The molecule has 1 aromatic heterocycles. The molecule has 0 saturated carbocycles. The van der Waals surface area contributed by atoms with Crippen LogP contribution in [0.3, 0.4) is 0 Å². The monoisotopic (exact) mass is 359 g/mol. The van der Waals surface area contributed by atoms with Crippen molar-refractivity contribution >= 4 is 23.5 Å². The van der Waals surface area contributed by atoms with E-state index in [1.807, 2.05) is 6.07 Å². The quantitative estimate of drug-likeness (QED) is 0.555. The van der Waals surface area contributed by atoms with Crippen molar-refractivity contribution in [1.82, 2.24) is 9.97 Å². The highest BCUT2D eigenvalue weighted by molar-refractivity contribution is 7.98. The summed E-state index contributed by atoms with van der Waals surface area (Å²) in [5, 5.41) is 9.84. The molecule has 0 aliphatic carbocycles. The van der Waals surface area contributed by atoms with E-state index in [1.165, 1.54) is 11.8 Å². The first kappa shape index (κ1) is 19.2. The van der Waals surface area contributed by atoms with E-state index in [4.69, 9.17) is 10.1 Å². The number of carbonyl (C=O) groups is 1. The number of carboxylic acid groups (broad SMARTS) is 1. The van der Waals surface area contributed by atoms with Gasteiger partial charge in [0.15, 0.2) is 5.16 Å². The fraction of sp³-hybridized carbons (Fsp3) is 0.421. The minimum Gasteiger partial charge on any atom is -0.478 e. The first-order valence-corrected chi connectivity index (χ1v) is 9.52. The summed E-state index contributed by atoms with van der Waals surface area (Å²) in [7, 11) is 0. The van der Waals surface area contributed by atoms with Crippen LogP contribution < -0.4 is 4.90 Å². The largest absolute Gasteiger partial charge is 0.478 e. The van der Waals surface area contributed by atoms with Gasteiger partial charge in [0.1, 0.15) is 5.82 Å². The lowest BCUT2D eigenvalue weighted by molar-refractivity contribution is 0.0697. The lowest BCUT2D eigenvalue weighted by atomic mass is 10.1. The third-order valence-electron chi connectivity index (χ3n) is 3.93. The van der Waals surface area contributed by atoms with Gasteiger partial charge in [-0.15, -0.1) is 0 Å². The Balaban J connectivity index is 2.23. The lowest BCUT2D eigenvalue weighted by Gasteiger charge is -2.21. The second-order valence-electron chi connectivity index (χ2n) is 6.05.